The molecule has 4 aromatic rings. The van der Waals surface area contributed by atoms with Gasteiger partial charge in [0.15, 0.2) is 0 Å². The molecular formula is C19H12F3N3OS. The summed E-state index contributed by atoms with van der Waals surface area (Å²) in [6, 6.07) is 14.0. The highest BCUT2D eigenvalue weighted by molar-refractivity contribution is 7.13. The van der Waals surface area contributed by atoms with E-state index in [9.17, 15) is 18.0 Å². The third kappa shape index (κ3) is 3.56. The number of carbonyl (C=O) groups excluding carboxylic acids is 1. The van der Waals surface area contributed by atoms with Crippen LogP contribution in [0.25, 0.3) is 21.6 Å². The quantitative estimate of drug-likeness (QED) is 0.483. The molecule has 0 fully saturated rings. The largest absolute Gasteiger partial charge is 0.416 e. The van der Waals surface area contributed by atoms with Gasteiger partial charge < -0.3 is 10.3 Å². The number of thiazole rings is 1. The van der Waals surface area contributed by atoms with Crippen LogP contribution in [0, 0.1) is 0 Å². The molecular weight excluding hydrogens is 375 g/mol. The molecule has 0 bridgehead atoms. The summed E-state index contributed by atoms with van der Waals surface area (Å²) in [5.41, 5.74) is 1.48. The van der Waals surface area contributed by atoms with E-state index in [1.54, 1.807) is 5.38 Å². The molecule has 2 heterocycles. The monoisotopic (exact) mass is 387 g/mol. The second kappa shape index (κ2) is 6.55. The highest BCUT2D eigenvalue weighted by atomic mass is 32.1. The molecule has 0 aliphatic rings. The number of para-hydroxylation sites is 1. The van der Waals surface area contributed by atoms with Gasteiger partial charge in [-0.1, -0.05) is 18.2 Å². The number of hydrogen-bond acceptors (Lipinski definition) is 3. The van der Waals surface area contributed by atoms with Crippen molar-refractivity contribution >= 4 is 33.8 Å². The Morgan fingerprint density at radius 2 is 1.81 bits per heavy atom. The average molecular weight is 387 g/mol. The van der Waals surface area contributed by atoms with Crippen molar-refractivity contribution in [2.75, 3.05) is 5.32 Å². The molecule has 8 heteroatoms. The summed E-state index contributed by atoms with van der Waals surface area (Å²) < 4.78 is 37.8. The molecule has 2 N–H and O–H groups in total. The van der Waals surface area contributed by atoms with Crippen LogP contribution in [0.3, 0.4) is 0 Å². The highest BCUT2D eigenvalue weighted by Gasteiger charge is 2.30. The van der Waals surface area contributed by atoms with E-state index >= 15 is 0 Å². The van der Waals surface area contributed by atoms with Gasteiger partial charge in [0, 0.05) is 22.0 Å². The lowest BCUT2D eigenvalue weighted by molar-refractivity contribution is -0.137. The molecule has 0 atom stereocenters. The Labute approximate surface area is 155 Å². The first-order valence-corrected chi connectivity index (χ1v) is 8.80. The Kier molecular flexibility index (Phi) is 4.19. The number of carbonyl (C=O) groups is 1. The van der Waals surface area contributed by atoms with Crippen LogP contribution in [0.2, 0.25) is 0 Å². The van der Waals surface area contributed by atoms with E-state index in [4.69, 9.17) is 0 Å². The first-order chi connectivity index (χ1) is 12.9. The van der Waals surface area contributed by atoms with Crippen LogP contribution in [0.1, 0.15) is 16.1 Å². The maximum atomic E-state index is 12.6. The Balaban J connectivity index is 1.51. The standard InChI is InChI=1S/C19H12F3N3OS/c20-19(21,22)12-5-7-13(8-6-12)23-17(26)16-10-27-18(25-16)15-9-11-3-1-2-4-14(11)24-15/h1-10,24H,(H,23,26). The highest BCUT2D eigenvalue weighted by Crippen LogP contribution is 2.30. The summed E-state index contributed by atoms with van der Waals surface area (Å²) in [6.45, 7) is 0. The molecule has 0 aliphatic carbocycles. The maximum absolute atomic E-state index is 12.6. The van der Waals surface area contributed by atoms with Gasteiger partial charge in [-0.15, -0.1) is 11.3 Å². The van der Waals surface area contributed by atoms with E-state index in [0.717, 1.165) is 28.7 Å². The molecule has 2 aromatic heterocycles. The lowest BCUT2D eigenvalue weighted by Gasteiger charge is -2.08. The number of halogens is 3. The number of fused-ring (bicyclic) bond motifs is 1. The first kappa shape index (κ1) is 17.3. The fraction of sp³-hybridized carbons (Fsp3) is 0.0526. The lowest BCUT2D eigenvalue weighted by atomic mass is 10.2. The van der Waals surface area contributed by atoms with Gasteiger partial charge >= 0.3 is 6.18 Å². The maximum Gasteiger partial charge on any atom is 0.416 e. The number of anilines is 1. The lowest BCUT2D eigenvalue weighted by Crippen LogP contribution is -2.12. The van der Waals surface area contributed by atoms with Crippen LogP contribution < -0.4 is 5.32 Å². The van der Waals surface area contributed by atoms with Gasteiger partial charge in [0.1, 0.15) is 10.7 Å². The number of aromatic nitrogens is 2. The van der Waals surface area contributed by atoms with Crippen molar-refractivity contribution in [3.8, 4) is 10.7 Å². The van der Waals surface area contributed by atoms with Gasteiger partial charge in [0.05, 0.1) is 11.3 Å². The zero-order chi connectivity index (χ0) is 19.0. The van der Waals surface area contributed by atoms with E-state index in [2.05, 4.69) is 15.3 Å². The third-order valence-electron chi connectivity index (χ3n) is 3.97. The molecule has 2 aromatic carbocycles. The smallest absolute Gasteiger partial charge is 0.353 e. The predicted octanol–water partition coefficient (Wildman–Crippen LogP) is 5.56. The summed E-state index contributed by atoms with van der Waals surface area (Å²) in [5.74, 6) is -0.478. The van der Waals surface area contributed by atoms with Crippen LogP contribution >= 0.6 is 11.3 Å². The molecule has 27 heavy (non-hydrogen) atoms. The minimum absolute atomic E-state index is 0.202. The van der Waals surface area contributed by atoms with Gasteiger partial charge in [0.25, 0.3) is 5.91 Å². The van der Waals surface area contributed by atoms with Gasteiger partial charge in [-0.3, -0.25) is 4.79 Å². The normalized spacial score (nSPS) is 11.7. The van der Waals surface area contributed by atoms with Gasteiger partial charge in [-0.2, -0.15) is 13.2 Å². The zero-order valence-corrected chi connectivity index (χ0v) is 14.5. The van der Waals surface area contributed by atoms with E-state index in [0.29, 0.717) is 5.01 Å². The van der Waals surface area contributed by atoms with Crippen molar-refractivity contribution in [3.63, 3.8) is 0 Å². The molecule has 0 saturated carbocycles. The van der Waals surface area contributed by atoms with E-state index in [1.165, 1.54) is 23.5 Å². The number of rotatable bonds is 3. The molecule has 136 valence electrons. The topological polar surface area (TPSA) is 57.8 Å². The number of nitrogens with zero attached hydrogens (tertiary/aromatic N) is 1. The van der Waals surface area contributed by atoms with Crippen molar-refractivity contribution in [1.82, 2.24) is 9.97 Å². The molecule has 1 amide bonds. The second-order valence-electron chi connectivity index (χ2n) is 5.84. The number of nitrogens with one attached hydrogen (secondary N) is 2. The molecule has 0 spiro atoms. The van der Waals surface area contributed by atoms with Crippen molar-refractivity contribution in [2.24, 2.45) is 0 Å². The van der Waals surface area contributed by atoms with Crippen LogP contribution in [0.5, 0.6) is 0 Å². The fourth-order valence-corrected chi connectivity index (χ4v) is 3.40. The van der Waals surface area contributed by atoms with E-state index in [1.807, 2.05) is 30.3 Å². The number of hydrogen-bond donors (Lipinski definition) is 2. The Morgan fingerprint density at radius 1 is 1.07 bits per heavy atom. The SMILES string of the molecule is O=C(Nc1ccc(C(F)(F)F)cc1)c1csc(-c2cc3ccccc3[nH]2)n1. The van der Waals surface area contributed by atoms with Gasteiger partial charge in [-0.05, 0) is 36.4 Å². The number of H-pyrrole nitrogens is 1. The summed E-state index contributed by atoms with van der Waals surface area (Å²) in [5, 5.41) is 5.86. The average Bonchev–Trinajstić information content (AvgIpc) is 3.28. The minimum Gasteiger partial charge on any atom is -0.353 e. The van der Waals surface area contributed by atoms with Crippen molar-refractivity contribution < 1.29 is 18.0 Å². The number of aromatic amines is 1. The third-order valence-corrected chi connectivity index (χ3v) is 4.84. The molecule has 0 radical (unpaired) electrons. The predicted molar refractivity (Wildman–Crippen MR) is 98.8 cm³/mol. The summed E-state index contributed by atoms with van der Waals surface area (Å²) >= 11 is 1.31. The van der Waals surface area contributed by atoms with Gasteiger partial charge in [-0.25, -0.2) is 4.98 Å². The molecule has 0 unspecified atom stereocenters. The fourth-order valence-electron chi connectivity index (χ4n) is 2.63. The van der Waals surface area contributed by atoms with Gasteiger partial charge in [0.2, 0.25) is 0 Å². The van der Waals surface area contributed by atoms with Crippen LogP contribution in [0.4, 0.5) is 18.9 Å². The molecule has 4 nitrogen and oxygen atoms in total. The number of alkyl halides is 3. The van der Waals surface area contributed by atoms with Crippen LogP contribution in [-0.4, -0.2) is 15.9 Å². The Bertz CT molecular complexity index is 1080. The number of amides is 1. The van der Waals surface area contributed by atoms with Crippen molar-refractivity contribution in [2.45, 2.75) is 6.18 Å². The molecule has 0 aliphatic heterocycles. The first-order valence-electron chi connectivity index (χ1n) is 7.92. The van der Waals surface area contributed by atoms with E-state index in [-0.39, 0.29) is 11.4 Å². The Hall–Kier alpha value is -3.13. The Morgan fingerprint density at radius 3 is 2.52 bits per heavy atom. The van der Waals surface area contributed by atoms with Crippen molar-refractivity contribution in [1.29, 1.82) is 0 Å². The molecule has 4 rings (SSSR count). The van der Waals surface area contributed by atoms with E-state index < -0.39 is 17.6 Å². The minimum atomic E-state index is -4.41. The summed E-state index contributed by atoms with van der Waals surface area (Å²) in [4.78, 5) is 19.9. The number of benzene rings is 2. The second-order valence-corrected chi connectivity index (χ2v) is 6.70. The van der Waals surface area contributed by atoms with Crippen LogP contribution in [-0.2, 0) is 6.18 Å². The van der Waals surface area contributed by atoms with Crippen LogP contribution in [0.15, 0.2) is 60.0 Å². The zero-order valence-electron chi connectivity index (χ0n) is 13.7. The molecule has 0 saturated heterocycles. The van der Waals surface area contributed by atoms with Crippen molar-refractivity contribution in [3.05, 3.63) is 71.2 Å². The summed E-state index contributed by atoms with van der Waals surface area (Å²) in [6.07, 6.45) is -4.41. The summed E-state index contributed by atoms with van der Waals surface area (Å²) in [7, 11) is 0.